The van der Waals surface area contributed by atoms with Crippen molar-refractivity contribution < 1.29 is 13.5 Å². The largest absolute Gasteiger partial charge is 0.433 e. The average molecular weight is 521 g/mol. The maximum absolute atomic E-state index is 15.3. The zero-order chi connectivity index (χ0) is 25.5. The number of piperazine rings is 1. The Labute approximate surface area is 217 Å². The number of amidine groups is 1. The van der Waals surface area contributed by atoms with E-state index >= 15 is 4.39 Å². The molecule has 0 unspecified atom stereocenters. The third-order valence-corrected chi connectivity index (χ3v) is 7.64. The minimum absolute atomic E-state index is 0.0592. The number of anilines is 2. The molecule has 3 aromatic rings. The second kappa shape index (κ2) is 9.68. The quantitative estimate of drug-likeness (QED) is 0.497. The first-order valence-electron chi connectivity index (χ1n) is 12.2. The lowest BCUT2D eigenvalue weighted by molar-refractivity contribution is 0.312. The van der Waals surface area contributed by atoms with Crippen molar-refractivity contribution in [2.24, 2.45) is 4.99 Å². The number of hydrogen-bond acceptors (Lipinski definition) is 8. The molecule has 0 spiro atoms. The van der Waals surface area contributed by atoms with Crippen LogP contribution in [0.2, 0.25) is 0 Å². The summed E-state index contributed by atoms with van der Waals surface area (Å²) in [5, 5.41) is 5.20. The van der Waals surface area contributed by atoms with Crippen molar-refractivity contribution in [2.75, 3.05) is 50.0 Å². The molecule has 37 heavy (non-hydrogen) atoms. The summed E-state index contributed by atoms with van der Waals surface area (Å²) in [5.41, 5.74) is 3.07. The summed E-state index contributed by atoms with van der Waals surface area (Å²) in [6.07, 6.45) is 4.23. The molecule has 1 aromatic carbocycles. The molecule has 1 fully saturated rings. The van der Waals surface area contributed by atoms with Gasteiger partial charge in [-0.15, -0.1) is 11.3 Å². The number of fused-ring (bicyclic) bond motifs is 1. The fraction of sp³-hybridized carbons (Fsp3) is 0.296. The van der Waals surface area contributed by atoms with Crippen LogP contribution in [0.3, 0.4) is 0 Å². The fourth-order valence-electron chi connectivity index (χ4n) is 4.71. The Morgan fingerprint density at radius 2 is 1.92 bits per heavy atom. The number of nitrogens with zero attached hydrogens (tertiary/aromatic N) is 5. The number of likely N-dealkylation sites (N-methyl/N-ethyl adjacent to an activating group) is 1. The molecular formula is C27H26F2N6OS. The maximum atomic E-state index is 15.3. The van der Waals surface area contributed by atoms with Crippen molar-refractivity contribution >= 4 is 40.6 Å². The van der Waals surface area contributed by atoms with Crippen molar-refractivity contribution in [3.63, 3.8) is 0 Å². The minimum Gasteiger partial charge on any atom is -0.433 e. The van der Waals surface area contributed by atoms with E-state index in [1.54, 1.807) is 23.5 Å². The molecule has 0 bridgehead atoms. The number of nitrogens with one attached hydrogen (secondary N) is 1. The number of hydrogen-bond donors (Lipinski definition) is 1. The average Bonchev–Trinajstić information content (AvgIpc) is 3.63. The predicted molar refractivity (Wildman–Crippen MR) is 144 cm³/mol. The molecule has 6 rings (SSSR count). The van der Waals surface area contributed by atoms with E-state index in [2.05, 4.69) is 43.2 Å². The third-order valence-electron chi connectivity index (χ3n) is 6.69. The summed E-state index contributed by atoms with van der Waals surface area (Å²) < 4.78 is 36.0. The molecular weight excluding hydrogens is 494 g/mol. The van der Waals surface area contributed by atoms with Crippen LogP contribution in [0.4, 0.5) is 20.5 Å². The van der Waals surface area contributed by atoms with Gasteiger partial charge in [0.1, 0.15) is 11.7 Å². The van der Waals surface area contributed by atoms with Gasteiger partial charge in [-0.1, -0.05) is 17.7 Å². The summed E-state index contributed by atoms with van der Waals surface area (Å²) in [6.45, 7) is 5.74. The van der Waals surface area contributed by atoms with Crippen LogP contribution in [0.5, 0.6) is 11.6 Å². The van der Waals surface area contributed by atoms with Crippen LogP contribution in [0, 0.1) is 11.6 Å². The highest BCUT2D eigenvalue weighted by atomic mass is 32.1. The molecule has 1 saturated heterocycles. The minimum atomic E-state index is -0.752. The molecule has 1 N–H and O–H groups in total. The molecule has 0 amide bonds. The number of aliphatic imine (C=N–C) groups is 1. The van der Waals surface area contributed by atoms with Gasteiger partial charge in [0, 0.05) is 42.7 Å². The molecule has 0 radical (unpaired) electrons. The van der Waals surface area contributed by atoms with Gasteiger partial charge in [-0.2, -0.15) is 9.97 Å². The van der Waals surface area contributed by atoms with Crippen LogP contribution in [0.25, 0.3) is 11.6 Å². The molecule has 2 aliphatic heterocycles. The van der Waals surface area contributed by atoms with Gasteiger partial charge in [-0.3, -0.25) is 4.99 Å². The third kappa shape index (κ3) is 4.86. The molecule has 4 heterocycles. The number of halogens is 2. The second-order valence-corrected chi connectivity index (χ2v) is 10.4. The van der Waals surface area contributed by atoms with Crippen molar-refractivity contribution in [1.82, 2.24) is 14.9 Å². The summed E-state index contributed by atoms with van der Waals surface area (Å²) >= 11 is 1.66. The van der Waals surface area contributed by atoms with Crippen LogP contribution in [0.1, 0.15) is 22.9 Å². The Balaban J connectivity index is 1.32. The predicted octanol–water partition coefficient (Wildman–Crippen LogP) is 5.23. The van der Waals surface area contributed by atoms with Gasteiger partial charge in [0.25, 0.3) is 0 Å². The number of thiophene rings is 1. The van der Waals surface area contributed by atoms with Crippen molar-refractivity contribution in [1.29, 1.82) is 0 Å². The fourth-order valence-corrected chi connectivity index (χ4v) is 5.44. The lowest BCUT2D eigenvalue weighted by Gasteiger charge is -2.33. The van der Waals surface area contributed by atoms with Crippen molar-refractivity contribution in [2.45, 2.75) is 13.3 Å². The molecule has 3 aliphatic rings. The van der Waals surface area contributed by atoms with E-state index in [4.69, 9.17) is 4.74 Å². The Morgan fingerprint density at radius 1 is 1.08 bits per heavy atom. The van der Waals surface area contributed by atoms with Gasteiger partial charge in [0.05, 0.1) is 6.54 Å². The highest BCUT2D eigenvalue weighted by Gasteiger charge is 2.25. The normalized spacial score (nSPS) is 17.4. The van der Waals surface area contributed by atoms with Crippen molar-refractivity contribution in [3.05, 3.63) is 68.9 Å². The van der Waals surface area contributed by atoms with Gasteiger partial charge in [0.2, 0.25) is 17.6 Å². The molecule has 190 valence electrons. The van der Waals surface area contributed by atoms with Crippen LogP contribution in [0.15, 0.2) is 46.3 Å². The maximum Gasteiger partial charge on any atom is 0.233 e. The highest BCUT2D eigenvalue weighted by molar-refractivity contribution is 7.11. The Bertz CT molecular complexity index is 1440. The van der Waals surface area contributed by atoms with Gasteiger partial charge < -0.3 is 19.9 Å². The lowest BCUT2D eigenvalue weighted by atomic mass is 10.1. The molecule has 2 aromatic heterocycles. The van der Waals surface area contributed by atoms with Gasteiger partial charge in [-0.25, -0.2) is 8.78 Å². The molecule has 10 heteroatoms. The lowest BCUT2D eigenvalue weighted by Crippen LogP contribution is -2.44. The Kier molecular flexibility index (Phi) is 6.21. The first-order valence-corrected chi connectivity index (χ1v) is 13.1. The van der Waals surface area contributed by atoms with E-state index in [0.29, 0.717) is 35.7 Å². The van der Waals surface area contributed by atoms with E-state index in [-0.39, 0.29) is 11.8 Å². The van der Waals surface area contributed by atoms with Crippen molar-refractivity contribution in [3.8, 4) is 11.6 Å². The second-order valence-electron chi connectivity index (χ2n) is 9.50. The Hall–Kier alpha value is -3.63. The van der Waals surface area contributed by atoms with E-state index < -0.39 is 17.4 Å². The number of allylic oxidation sites excluding steroid dienone is 1. The molecule has 7 nitrogen and oxygen atoms in total. The zero-order valence-electron chi connectivity index (χ0n) is 20.6. The van der Waals surface area contributed by atoms with Crippen LogP contribution in [-0.4, -0.2) is 60.5 Å². The van der Waals surface area contributed by atoms with E-state index in [9.17, 15) is 4.39 Å². The number of ether oxygens (including phenoxy) is 1. The van der Waals surface area contributed by atoms with Gasteiger partial charge in [-0.05, 0) is 55.1 Å². The topological polar surface area (TPSA) is 65.9 Å². The van der Waals surface area contributed by atoms with Crippen LogP contribution in [-0.2, 0) is 6.42 Å². The smallest absolute Gasteiger partial charge is 0.233 e. The van der Waals surface area contributed by atoms with E-state index in [0.717, 1.165) is 42.2 Å². The molecule has 0 saturated carbocycles. The van der Waals surface area contributed by atoms with Gasteiger partial charge >= 0.3 is 0 Å². The number of benzene rings is 1. The van der Waals surface area contributed by atoms with Crippen LogP contribution < -0.4 is 15.0 Å². The molecule has 0 atom stereocenters. The summed E-state index contributed by atoms with van der Waals surface area (Å²) in [7, 11) is 2.07. The number of rotatable bonds is 5. The SMILES string of the molecule is CC1=Cc2c(cc(F)c(Oc3cc(N4CCN(C)CC4)nc(NC4=NCC(c5cccs5)=C4)n3)c2F)C1. The monoisotopic (exact) mass is 520 g/mol. The highest BCUT2D eigenvalue weighted by Crippen LogP contribution is 2.37. The summed E-state index contributed by atoms with van der Waals surface area (Å²) in [6, 6.07) is 7.04. The molecule has 1 aliphatic carbocycles. The number of aromatic nitrogens is 2. The summed E-state index contributed by atoms with van der Waals surface area (Å²) in [5.74, 6) is -0.367. The first-order chi connectivity index (χ1) is 17.9. The standard InChI is InChI=1S/C27H26F2N6OS/c1-16-10-17-12-20(28)26(25(29)19(17)11-16)36-24-14-23(35-7-5-34(2)6-8-35)32-27(33-24)31-22-13-18(15-30-22)21-4-3-9-37-21/h3-4,9,11-14H,5-8,10,15H2,1-2H3,(H,30,31,32,33). The Morgan fingerprint density at radius 3 is 2.70 bits per heavy atom. The van der Waals surface area contributed by atoms with Crippen LogP contribution >= 0.6 is 11.3 Å². The first kappa shape index (κ1) is 23.7. The summed E-state index contributed by atoms with van der Waals surface area (Å²) in [4.78, 5) is 19.2. The zero-order valence-corrected chi connectivity index (χ0v) is 21.4. The van der Waals surface area contributed by atoms with E-state index in [1.165, 1.54) is 6.07 Å². The van der Waals surface area contributed by atoms with Gasteiger partial charge in [0.15, 0.2) is 11.6 Å². The van der Waals surface area contributed by atoms with E-state index in [1.807, 2.05) is 24.4 Å².